The van der Waals surface area contributed by atoms with Gasteiger partial charge in [-0.05, 0) is 23.8 Å². The number of nitrogen functional groups attached to an aromatic ring is 1. The van der Waals surface area contributed by atoms with E-state index in [2.05, 4.69) is 9.97 Å². The van der Waals surface area contributed by atoms with Crippen molar-refractivity contribution >= 4 is 17.0 Å². The summed E-state index contributed by atoms with van der Waals surface area (Å²) in [7, 11) is 0. The average Bonchev–Trinajstić information content (AvgIpc) is 2.69. The van der Waals surface area contributed by atoms with Crippen molar-refractivity contribution in [3.05, 3.63) is 54.1 Å². The van der Waals surface area contributed by atoms with Crippen molar-refractivity contribution in [2.45, 2.75) is 6.54 Å². The van der Waals surface area contributed by atoms with Crippen LogP contribution in [0, 0.1) is 5.82 Å². The third kappa shape index (κ3) is 1.79. The van der Waals surface area contributed by atoms with E-state index in [0.29, 0.717) is 12.5 Å². The highest BCUT2D eigenvalue weighted by Crippen LogP contribution is 2.18. The number of fused-ring (bicyclic) bond motifs is 1. The highest BCUT2D eigenvalue weighted by Gasteiger charge is 2.08. The van der Waals surface area contributed by atoms with Gasteiger partial charge in [-0.2, -0.15) is 0 Å². The third-order valence-electron chi connectivity index (χ3n) is 2.83. The summed E-state index contributed by atoms with van der Waals surface area (Å²) < 4.78 is 14.7. The Balaban J connectivity index is 2.04. The first-order valence-corrected chi connectivity index (χ1v) is 5.54. The van der Waals surface area contributed by atoms with Gasteiger partial charge >= 0.3 is 0 Å². The minimum atomic E-state index is -0.244. The first-order valence-electron chi connectivity index (χ1n) is 5.54. The minimum Gasteiger partial charge on any atom is -0.369 e. The molecule has 0 spiro atoms. The Morgan fingerprint density at radius 3 is 2.72 bits per heavy atom. The largest absolute Gasteiger partial charge is 0.369 e. The molecular formula is C13H11FN4. The highest BCUT2D eigenvalue weighted by atomic mass is 19.1. The number of nitrogens with zero attached hydrogens (tertiary/aromatic N) is 3. The van der Waals surface area contributed by atoms with E-state index in [1.165, 1.54) is 12.1 Å². The molecule has 0 unspecified atom stereocenters. The maximum Gasteiger partial charge on any atom is 0.201 e. The van der Waals surface area contributed by atoms with Crippen molar-refractivity contribution in [1.82, 2.24) is 14.5 Å². The molecule has 3 aromatic rings. The second-order valence-corrected chi connectivity index (χ2v) is 4.05. The van der Waals surface area contributed by atoms with Gasteiger partial charge in [-0.15, -0.1) is 0 Å². The van der Waals surface area contributed by atoms with Gasteiger partial charge in [0.1, 0.15) is 11.3 Å². The molecule has 0 saturated heterocycles. The third-order valence-corrected chi connectivity index (χ3v) is 2.83. The number of halogens is 1. The Bertz CT molecular complexity index is 688. The van der Waals surface area contributed by atoms with Crippen LogP contribution in [0.25, 0.3) is 11.0 Å². The molecule has 0 aliphatic carbocycles. The first-order chi connectivity index (χ1) is 8.74. The number of imidazole rings is 1. The van der Waals surface area contributed by atoms with Crippen LogP contribution in [0.15, 0.2) is 42.7 Å². The quantitative estimate of drug-likeness (QED) is 0.749. The van der Waals surface area contributed by atoms with Gasteiger partial charge < -0.3 is 10.3 Å². The summed E-state index contributed by atoms with van der Waals surface area (Å²) >= 11 is 0. The lowest BCUT2D eigenvalue weighted by molar-refractivity contribution is 0.626. The zero-order chi connectivity index (χ0) is 12.5. The van der Waals surface area contributed by atoms with Crippen LogP contribution in [0.1, 0.15) is 5.56 Å². The van der Waals surface area contributed by atoms with Crippen LogP contribution < -0.4 is 5.73 Å². The maximum absolute atomic E-state index is 12.8. The van der Waals surface area contributed by atoms with Crippen LogP contribution in [-0.2, 0) is 6.54 Å². The summed E-state index contributed by atoms with van der Waals surface area (Å²) in [4.78, 5) is 8.24. The molecule has 2 heterocycles. The van der Waals surface area contributed by atoms with Crippen LogP contribution >= 0.6 is 0 Å². The molecule has 0 bridgehead atoms. The SMILES string of the molecule is Nc1nc2cnccc2n1Cc1ccc(F)cc1. The number of hydrogen-bond acceptors (Lipinski definition) is 3. The van der Waals surface area contributed by atoms with Gasteiger partial charge in [0.15, 0.2) is 0 Å². The van der Waals surface area contributed by atoms with E-state index in [0.717, 1.165) is 16.6 Å². The predicted molar refractivity (Wildman–Crippen MR) is 67.4 cm³/mol. The monoisotopic (exact) mass is 242 g/mol. The zero-order valence-electron chi connectivity index (χ0n) is 9.55. The van der Waals surface area contributed by atoms with Gasteiger partial charge in [0.05, 0.1) is 18.3 Å². The summed E-state index contributed by atoms with van der Waals surface area (Å²) in [5.74, 6) is 0.189. The molecule has 18 heavy (non-hydrogen) atoms. The topological polar surface area (TPSA) is 56.7 Å². The molecule has 1 aromatic carbocycles. The Morgan fingerprint density at radius 1 is 1.17 bits per heavy atom. The van der Waals surface area contributed by atoms with Crippen LogP contribution in [0.3, 0.4) is 0 Å². The van der Waals surface area contributed by atoms with Gasteiger partial charge in [-0.3, -0.25) is 4.98 Å². The van der Waals surface area contributed by atoms with E-state index in [1.54, 1.807) is 24.5 Å². The number of nitrogens with two attached hydrogens (primary N) is 1. The Labute approximate surface area is 103 Å². The van der Waals surface area contributed by atoms with Crippen molar-refractivity contribution in [3.63, 3.8) is 0 Å². The van der Waals surface area contributed by atoms with Gasteiger partial charge in [0.25, 0.3) is 0 Å². The number of benzene rings is 1. The van der Waals surface area contributed by atoms with Crippen LogP contribution in [0.5, 0.6) is 0 Å². The summed E-state index contributed by atoms with van der Waals surface area (Å²) in [6, 6.07) is 8.21. The average molecular weight is 242 g/mol. The number of pyridine rings is 1. The van der Waals surface area contributed by atoms with Crippen LogP contribution in [0.4, 0.5) is 10.3 Å². The molecule has 0 fully saturated rings. The Kier molecular flexibility index (Phi) is 2.44. The van der Waals surface area contributed by atoms with Crippen molar-refractivity contribution in [1.29, 1.82) is 0 Å². The summed E-state index contributed by atoms with van der Waals surface area (Å²) in [6.45, 7) is 0.562. The molecule has 3 rings (SSSR count). The normalized spacial score (nSPS) is 10.9. The number of anilines is 1. The molecule has 0 amide bonds. The summed E-state index contributed by atoms with van der Waals surface area (Å²) in [5, 5.41) is 0. The second kappa shape index (κ2) is 4.10. The van der Waals surface area contributed by atoms with Crippen molar-refractivity contribution in [3.8, 4) is 0 Å². The molecule has 0 saturated carbocycles. The van der Waals surface area contributed by atoms with Crippen LogP contribution in [-0.4, -0.2) is 14.5 Å². The van der Waals surface area contributed by atoms with Gasteiger partial charge in [0, 0.05) is 6.20 Å². The summed E-state index contributed by atoms with van der Waals surface area (Å²) in [6.07, 6.45) is 3.37. The van der Waals surface area contributed by atoms with E-state index in [4.69, 9.17) is 5.73 Å². The minimum absolute atomic E-state index is 0.244. The highest BCUT2D eigenvalue weighted by molar-refractivity contribution is 5.77. The lowest BCUT2D eigenvalue weighted by atomic mass is 10.2. The van der Waals surface area contributed by atoms with Crippen molar-refractivity contribution < 1.29 is 4.39 Å². The van der Waals surface area contributed by atoms with Gasteiger partial charge in [0.2, 0.25) is 5.95 Å². The van der Waals surface area contributed by atoms with Crippen molar-refractivity contribution in [2.24, 2.45) is 0 Å². The van der Waals surface area contributed by atoms with E-state index in [1.807, 2.05) is 10.6 Å². The van der Waals surface area contributed by atoms with Gasteiger partial charge in [-0.25, -0.2) is 9.37 Å². The summed E-state index contributed by atoms with van der Waals surface area (Å²) in [5.41, 5.74) is 8.54. The molecule has 2 N–H and O–H groups in total. The van der Waals surface area contributed by atoms with E-state index in [9.17, 15) is 4.39 Å². The molecule has 0 radical (unpaired) electrons. The maximum atomic E-state index is 12.8. The lowest BCUT2D eigenvalue weighted by Crippen LogP contribution is -2.04. The predicted octanol–water partition coefficient (Wildman–Crippen LogP) is 2.20. The number of rotatable bonds is 2. The Hall–Kier alpha value is -2.43. The zero-order valence-corrected chi connectivity index (χ0v) is 9.55. The number of aromatic nitrogens is 3. The fourth-order valence-electron chi connectivity index (χ4n) is 1.94. The van der Waals surface area contributed by atoms with Crippen LogP contribution in [0.2, 0.25) is 0 Å². The first kappa shape index (κ1) is 10.7. The molecule has 0 aliphatic heterocycles. The fourth-order valence-corrected chi connectivity index (χ4v) is 1.94. The van der Waals surface area contributed by atoms with Crippen molar-refractivity contribution in [2.75, 3.05) is 5.73 Å². The molecule has 0 atom stereocenters. The molecule has 4 nitrogen and oxygen atoms in total. The molecule has 2 aromatic heterocycles. The standard InChI is InChI=1S/C13H11FN4/c14-10-3-1-9(2-4-10)8-18-12-5-6-16-7-11(12)17-13(18)15/h1-7H,8H2,(H2,15,17). The van der Waals surface area contributed by atoms with Gasteiger partial charge in [-0.1, -0.05) is 12.1 Å². The lowest BCUT2D eigenvalue weighted by Gasteiger charge is -2.06. The van der Waals surface area contributed by atoms with E-state index >= 15 is 0 Å². The fraction of sp³-hybridized carbons (Fsp3) is 0.0769. The molecule has 90 valence electrons. The molecular weight excluding hydrogens is 231 g/mol. The van der Waals surface area contributed by atoms with E-state index in [-0.39, 0.29) is 5.82 Å². The van der Waals surface area contributed by atoms with E-state index < -0.39 is 0 Å². The smallest absolute Gasteiger partial charge is 0.201 e. The molecule has 5 heteroatoms. The number of hydrogen-bond donors (Lipinski definition) is 1. The molecule has 0 aliphatic rings. The second-order valence-electron chi connectivity index (χ2n) is 4.05. The Morgan fingerprint density at radius 2 is 1.94 bits per heavy atom.